The van der Waals surface area contributed by atoms with Gasteiger partial charge < -0.3 is 10.5 Å². The van der Waals surface area contributed by atoms with Crippen molar-refractivity contribution in [3.8, 4) is 0 Å². The van der Waals surface area contributed by atoms with Crippen LogP contribution in [0.3, 0.4) is 0 Å². The van der Waals surface area contributed by atoms with E-state index in [0.29, 0.717) is 26.3 Å². The maximum Gasteiger partial charge on any atom is 0.237 e. The first-order valence-corrected chi connectivity index (χ1v) is 6.01. The second-order valence-electron chi connectivity index (χ2n) is 4.21. The van der Waals surface area contributed by atoms with E-state index < -0.39 is 17.8 Å². The first-order chi connectivity index (χ1) is 8.58. The Labute approximate surface area is 109 Å². The lowest BCUT2D eigenvalue weighted by Gasteiger charge is -2.33. The minimum Gasteiger partial charge on any atom is -0.378 e. The molecular weight excluding hydrogens is 259 g/mol. The summed E-state index contributed by atoms with van der Waals surface area (Å²) in [5.74, 6) is -0.864. The first-order valence-electron chi connectivity index (χ1n) is 5.63. The Morgan fingerprint density at radius 3 is 3.06 bits per heavy atom. The molecule has 1 saturated heterocycles. The van der Waals surface area contributed by atoms with Crippen molar-refractivity contribution in [2.24, 2.45) is 5.73 Å². The molecule has 18 heavy (non-hydrogen) atoms. The Kier molecular flexibility index (Phi) is 4.16. The first kappa shape index (κ1) is 13.3. The number of nitrogens with zero attached hydrogens (tertiary/aromatic N) is 1. The Hall–Kier alpha value is -1.17. The van der Waals surface area contributed by atoms with Crippen LogP contribution in [0.25, 0.3) is 0 Å². The number of hydrogen-bond acceptors (Lipinski definition) is 3. The van der Waals surface area contributed by atoms with Crippen molar-refractivity contribution in [2.75, 3.05) is 19.8 Å². The number of benzene rings is 1. The lowest BCUT2D eigenvalue weighted by Crippen LogP contribution is -2.51. The number of nitrogens with two attached hydrogens (primary N) is 1. The van der Waals surface area contributed by atoms with Crippen molar-refractivity contribution >= 4 is 17.5 Å². The molecule has 1 unspecified atom stereocenters. The molecule has 0 bridgehead atoms. The molecule has 0 aromatic heterocycles. The van der Waals surface area contributed by atoms with Gasteiger partial charge in [-0.2, -0.15) is 0 Å². The second kappa shape index (κ2) is 5.65. The highest BCUT2D eigenvalue weighted by Gasteiger charge is 2.27. The van der Waals surface area contributed by atoms with E-state index in [-0.39, 0.29) is 5.02 Å². The minimum atomic E-state index is -0.450. The molecule has 0 saturated carbocycles. The third kappa shape index (κ3) is 2.98. The Balaban J connectivity index is 2.10. The highest BCUT2D eigenvalue weighted by Crippen LogP contribution is 2.19. The lowest BCUT2D eigenvalue weighted by molar-refractivity contribution is -0.129. The zero-order chi connectivity index (χ0) is 13.1. The van der Waals surface area contributed by atoms with E-state index in [9.17, 15) is 9.18 Å². The number of morpholine rings is 1. The highest BCUT2D eigenvalue weighted by atomic mass is 35.5. The van der Waals surface area contributed by atoms with Crippen LogP contribution in [0.2, 0.25) is 5.02 Å². The highest BCUT2D eigenvalue weighted by molar-refractivity contribution is 6.30. The molecule has 6 heteroatoms. The molecular formula is C12H14ClFN2O2. The summed E-state index contributed by atoms with van der Waals surface area (Å²) in [6, 6.07) is 4.08. The fourth-order valence-electron chi connectivity index (χ4n) is 1.96. The third-order valence-electron chi connectivity index (χ3n) is 2.94. The summed E-state index contributed by atoms with van der Waals surface area (Å²) in [5.41, 5.74) is 6.16. The fourth-order valence-corrected chi connectivity index (χ4v) is 2.16. The van der Waals surface area contributed by atoms with Crippen LogP contribution >= 0.6 is 11.6 Å². The second-order valence-corrected chi connectivity index (χ2v) is 4.62. The van der Waals surface area contributed by atoms with Crippen LogP contribution in [0.5, 0.6) is 0 Å². The van der Waals surface area contributed by atoms with Gasteiger partial charge >= 0.3 is 0 Å². The summed E-state index contributed by atoms with van der Waals surface area (Å²) in [6.07, 6.45) is 0. The van der Waals surface area contributed by atoms with E-state index in [1.165, 1.54) is 6.07 Å². The molecule has 2 N–H and O–H groups in total. The molecule has 1 aromatic carbocycles. The molecule has 1 fully saturated rings. The average Bonchev–Trinajstić information content (AvgIpc) is 2.34. The van der Waals surface area contributed by atoms with Crippen LogP contribution in [0.15, 0.2) is 18.2 Å². The summed E-state index contributed by atoms with van der Waals surface area (Å²) >= 11 is 5.72. The van der Waals surface area contributed by atoms with Crippen molar-refractivity contribution in [3.05, 3.63) is 34.6 Å². The topological polar surface area (TPSA) is 55.6 Å². The monoisotopic (exact) mass is 272 g/mol. The van der Waals surface area contributed by atoms with Crippen LogP contribution in [-0.2, 0) is 16.1 Å². The number of hydrogen-bond donors (Lipinski definition) is 1. The number of halogens is 2. The van der Waals surface area contributed by atoms with Crippen LogP contribution in [0.4, 0.5) is 4.39 Å². The quantitative estimate of drug-likeness (QED) is 0.899. The van der Waals surface area contributed by atoms with E-state index in [4.69, 9.17) is 22.1 Å². The molecule has 1 amide bonds. The zero-order valence-corrected chi connectivity index (χ0v) is 10.5. The largest absolute Gasteiger partial charge is 0.378 e. The Morgan fingerprint density at radius 2 is 2.39 bits per heavy atom. The van der Waals surface area contributed by atoms with Crippen molar-refractivity contribution in [2.45, 2.75) is 12.6 Å². The molecule has 2 rings (SSSR count). The van der Waals surface area contributed by atoms with Gasteiger partial charge in [0.15, 0.2) is 0 Å². The summed E-state index contributed by atoms with van der Waals surface area (Å²) in [5, 5.41) is 0.0800. The van der Waals surface area contributed by atoms with Crippen molar-refractivity contribution in [1.29, 1.82) is 0 Å². The standard InChI is InChI=1S/C12H14ClFN2O2/c13-9-5-8(1-2-10(9)14)6-16-3-4-18-7-11(16)12(15)17/h1-2,5,11H,3-4,6-7H2,(H2,15,17). The van der Waals surface area contributed by atoms with Gasteiger partial charge in [0.25, 0.3) is 0 Å². The third-order valence-corrected chi connectivity index (χ3v) is 3.23. The molecule has 1 heterocycles. The summed E-state index contributed by atoms with van der Waals surface area (Å²) in [4.78, 5) is 13.2. The summed E-state index contributed by atoms with van der Waals surface area (Å²) in [7, 11) is 0. The zero-order valence-electron chi connectivity index (χ0n) is 9.73. The summed E-state index contributed by atoms with van der Waals surface area (Å²) in [6.45, 7) is 1.96. The van der Waals surface area contributed by atoms with E-state index in [0.717, 1.165) is 5.56 Å². The minimum absolute atomic E-state index is 0.0800. The number of primary amides is 1. The fraction of sp³-hybridized carbons (Fsp3) is 0.417. The van der Waals surface area contributed by atoms with Gasteiger partial charge in [0, 0.05) is 13.1 Å². The van der Waals surface area contributed by atoms with Crippen LogP contribution < -0.4 is 5.73 Å². The molecule has 0 radical (unpaired) electrons. The molecule has 0 aliphatic carbocycles. The molecule has 1 aliphatic rings. The Morgan fingerprint density at radius 1 is 1.61 bits per heavy atom. The van der Waals surface area contributed by atoms with Gasteiger partial charge in [0.2, 0.25) is 5.91 Å². The number of carbonyl (C=O) groups excluding carboxylic acids is 1. The van der Waals surface area contributed by atoms with Gasteiger partial charge in [-0.15, -0.1) is 0 Å². The van der Waals surface area contributed by atoms with Gasteiger partial charge in [-0.1, -0.05) is 17.7 Å². The van der Waals surface area contributed by atoms with Crippen molar-refractivity contribution in [3.63, 3.8) is 0 Å². The molecule has 0 spiro atoms. The lowest BCUT2D eigenvalue weighted by atomic mass is 10.1. The predicted molar refractivity (Wildman–Crippen MR) is 65.6 cm³/mol. The number of amides is 1. The van der Waals surface area contributed by atoms with Gasteiger partial charge in [-0.25, -0.2) is 4.39 Å². The van der Waals surface area contributed by atoms with Gasteiger partial charge in [0.1, 0.15) is 11.9 Å². The number of ether oxygens (including phenoxy) is 1. The van der Waals surface area contributed by atoms with Crippen LogP contribution in [0, 0.1) is 5.82 Å². The van der Waals surface area contributed by atoms with Crippen LogP contribution in [0.1, 0.15) is 5.56 Å². The van der Waals surface area contributed by atoms with Gasteiger partial charge in [-0.3, -0.25) is 9.69 Å². The van der Waals surface area contributed by atoms with E-state index in [1.54, 1.807) is 12.1 Å². The van der Waals surface area contributed by atoms with E-state index in [2.05, 4.69) is 0 Å². The molecule has 1 aromatic rings. The molecule has 1 aliphatic heterocycles. The smallest absolute Gasteiger partial charge is 0.237 e. The molecule has 4 nitrogen and oxygen atoms in total. The van der Waals surface area contributed by atoms with Crippen molar-refractivity contribution in [1.82, 2.24) is 4.90 Å². The van der Waals surface area contributed by atoms with Gasteiger partial charge in [-0.05, 0) is 17.7 Å². The van der Waals surface area contributed by atoms with E-state index in [1.807, 2.05) is 4.90 Å². The maximum atomic E-state index is 13.0. The van der Waals surface area contributed by atoms with E-state index >= 15 is 0 Å². The SMILES string of the molecule is NC(=O)C1COCCN1Cc1ccc(F)c(Cl)c1. The molecule has 1 atom stereocenters. The summed E-state index contributed by atoms with van der Waals surface area (Å²) < 4.78 is 18.3. The van der Waals surface area contributed by atoms with Crippen molar-refractivity contribution < 1.29 is 13.9 Å². The maximum absolute atomic E-state index is 13.0. The number of carbonyl (C=O) groups is 1. The average molecular weight is 273 g/mol. The predicted octanol–water partition coefficient (Wildman–Crippen LogP) is 1.17. The Bertz CT molecular complexity index is 456. The van der Waals surface area contributed by atoms with Gasteiger partial charge in [0.05, 0.1) is 18.2 Å². The molecule has 98 valence electrons. The normalized spacial score (nSPS) is 20.9. The van der Waals surface area contributed by atoms with Crippen LogP contribution in [-0.4, -0.2) is 36.6 Å². The number of rotatable bonds is 3.